The van der Waals surface area contributed by atoms with Gasteiger partial charge in [-0.3, -0.25) is 19.9 Å². The first-order valence-electron chi connectivity index (χ1n) is 7.56. The lowest BCUT2D eigenvalue weighted by Gasteiger charge is -2.37. The van der Waals surface area contributed by atoms with Gasteiger partial charge in [-0.1, -0.05) is 0 Å². The first-order valence-corrected chi connectivity index (χ1v) is 7.56. The predicted octanol–water partition coefficient (Wildman–Crippen LogP) is 0.895. The fourth-order valence-corrected chi connectivity index (χ4v) is 2.95. The number of nitrogens with two attached hydrogens (primary N) is 1. The fourth-order valence-electron chi connectivity index (χ4n) is 2.95. The van der Waals surface area contributed by atoms with Crippen LogP contribution in [0.4, 0.5) is 23.0 Å². The molecule has 1 saturated heterocycles. The number of aromatic amines is 1. The Balaban J connectivity index is 1.72. The van der Waals surface area contributed by atoms with Crippen LogP contribution in [0.15, 0.2) is 29.1 Å². The number of H-pyrrole nitrogens is 1. The quantitative estimate of drug-likeness (QED) is 0.633. The lowest BCUT2D eigenvalue weighted by atomic mass is 10.2. The summed E-state index contributed by atoms with van der Waals surface area (Å²) in [5.41, 5.74) is 7.48. The summed E-state index contributed by atoms with van der Waals surface area (Å²) in [6, 6.07) is 6.49. The maximum absolute atomic E-state index is 12.1. The average Bonchev–Trinajstić information content (AvgIpc) is 2.54. The second-order valence-corrected chi connectivity index (χ2v) is 5.63. The molecule has 1 aliphatic rings. The highest BCUT2D eigenvalue weighted by molar-refractivity contribution is 5.55. The molecule has 0 unspecified atom stereocenters. The van der Waals surface area contributed by atoms with Gasteiger partial charge in [-0.15, -0.1) is 0 Å². The third-order valence-electron chi connectivity index (χ3n) is 4.11. The van der Waals surface area contributed by atoms with E-state index in [0.717, 1.165) is 5.69 Å². The van der Waals surface area contributed by atoms with E-state index in [0.29, 0.717) is 37.6 Å². The van der Waals surface area contributed by atoms with Gasteiger partial charge in [-0.25, -0.2) is 4.98 Å². The van der Waals surface area contributed by atoms with Crippen LogP contribution in [0.1, 0.15) is 5.69 Å². The first kappa shape index (κ1) is 15.8. The molecule has 1 aromatic carbocycles. The highest BCUT2D eigenvalue weighted by atomic mass is 16.6. The number of nitrogen functional groups attached to an aromatic ring is 1. The zero-order chi connectivity index (χ0) is 17.3. The molecular weight excluding hydrogens is 312 g/mol. The largest absolute Gasteiger partial charge is 0.369 e. The maximum atomic E-state index is 12.1. The number of nitro groups is 1. The molecule has 0 bridgehead atoms. The second kappa shape index (κ2) is 6.19. The molecule has 24 heavy (non-hydrogen) atoms. The monoisotopic (exact) mass is 330 g/mol. The van der Waals surface area contributed by atoms with Crippen LogP contribution in [-0.2, 0) is 0 Å². The minimum atomic E-state index is -0.412. The third-order valence-corrected chi connectivity index (χ3v) is 4.11. The van der Waals surface area contributed by atoms with E-state index in [-0.39, 0.29) is 17.2 Å². The van der Waals surface area contributed by atoms with Crippen molar-refractivity contribution in [2.75, 3.05) is 41.7 Å². The minimum Gasteiger partial charge on any atom is -0.369 e. The molecule has 0 atom stereocenters. The van der Waals surface area contributed by atoms with Crippen molar-refractivity contribution in [2.45, 2.75) is 6.92 Å². The normalized spacial score (nSPS) is 14.7. The highest BCUT2D eigenvalue weighted by Gasteiger charge is 2.22. The number of aryl methyl sites for hydroxylation is 1. The van der Waals surface area contributed by atoms with Gasteiger partial charge in [0.25, 0.3) is 11.2 Å². The number of rotatable bonds is 3. The van der Waals surface area contributed by atoms with Gasteiger partial charge < -0.3 is 15.5 Å². The standard InChI is InChI=1S/C15H18N6O3/c1-10-13(14(22)18-15(16)17-10)20-8-6-19(7-9-20)11-2-4-12(5-3-11)21(23)24/h2-5H,6-9H2,1H3,(H3,16,17,18,22). The molecule has 0 aliphatic carbocycles. The number of nitrogens with zero attached hydrogens (tertiary/aromatic N) is 4. The van der Waals surface area contributed by atoms with Crippen LogP contribution in [0, 0.1) is 17.0 Å². The molecule has 9 nitrogen and oxygen atoms in total. The second-order valence-electron chi connectivity index (χ2n) is 5.63. The number of aromatic nitrogens is 2. The molecule has 0 spiro atoms. The number of benzene rings is 1. The Morgan fingerprint density at radius 2 is 1.75 bits per heavy atom. The van der Waals surface area contributed by atoms with Gasteiger partial charge in [-0.2, -0.15) is 0 Å². The average molecular weight is 330 g/mol. The van der Waals surface area contributed by atoms with Gasteiger partial charge in [0, 0.05) is 44.0 Å². The number of hydrogen-bond acceptors (Lipinski definition) is 7. The summed E-state index contributed by atoms with van der Waals surface area (Å²) in [5.74, 6) is 0.116. The van der Waals surface area contributed by atoms with E-state index in [9.17, 15) is 14.9 Å². The Morgan fingerprint density at radius 1 is 1.17 bits per heavy atom. The molecule has 1 aliphatic heterocycles. The van der Waals surface area contributed by atoms with Crippen molar-refractivity contribution in [1.29, 1.82) is 0 Å². The van der Waals surface area contributed by atoms with Crippen LogP contribution in [-0.4, -0.2) is 41.1 Å². The summed E-state index contributed by atoms with van der Waals surface area (Å²) in [6.07, 6.45) is 0. The summed E-state index contributed by atoms with van der Waals surface area (Å²) >= 11 is 0. The van der Waals surface area contributed by atoms with Crippen molar-refractivity contribution in [3.05, 3.63) is 50.4 Å². The number of piperazine rings is 1. The Hall–Kier alpha value is -3.10. The van der Waals surface area contributed by atoms with Gasteiger partial charge in [0.15, 0.2) is 0 Å². The molecule has 0 amide bonds. The van der Waals surface area contributed by atoms with Crippen molar-refractivity contribution in [2.24, 2.45) is 0 Å². The molecule has 1 aromatic heterocycles. The summed E-state index contributed by atoms with van der Waals surface area (Å²) in [6.45, 7) is 4.50. The zero-order valence-corrected chi connectivity index (χ0v) is 13.2. The molecule has 3 rings (SSSR count). The van der Waals surface area contributed by atoms with Gasteiger partial charge in [-0.05, 0) is 19.1 Å². The Labute approximate surface area is 137 Å². The fraction of sp³-hybridized carbons (Fsp3) is 0.333. The third kappa shape index (κ3) is 3.00. The van der Waals surface area contributed by atoms with E-state index in [4.69, 9.17) is 5.73 Å². The molecule has 9 heteroatoms. The molecule has 0 saturated carbocycles. The number of anilines is 3. The minimum absolute atomic E-state index is 0.0764. The molecule has 2 aromatic rings. The lowest BCUT2D eigenvalue weighted by Crippen LogP contribution is -2.48. The van der Waals surface area contributed by atoms with Crippen LogP contribution in [0.2, 0.25) is 0 Å². The number of nitro benzene ring substituents is 1. The lowest BCUT2D eigenvalue weighted by molar-refractivity contribution is -0.384. The van der Waals surface area contributed by atoms with E-state index < -0.39 is 4.92 Å². The van der Waals surface area contributed by atoms with E-state index in [1.165, 1.54) is 12.1 Å². The van der Waals surface area contributed by atoms with Crippen molar-refractivity contribution >= 4 is 23.0 Å². The smallest absolute Gasteiger partial charge is 0.276 e. The van der Waals surface area contributed by atoms with Crippen LogP contribution in [0.5, 0.6) is 0 Å². The van der Waals surface area contributed by atoms with Gasteiger partial charge >= 0.3 is 0 Å². The Morgan fingerprint density at radius 3 is 2.29 bits per heavy atom. The summed E-state index contributed by atoms with van der Waals surface area (Å²) in [7, 11) is 0. The first-order chi connectivity index (χ1) is 11.5. The van der Waals surface area contributed by atoms with Crippen molar-refractivity contribution < 1.29 is 4.92 Å². The van der Waals surface area contributed by atoms with Crippen LogP contribution < -0.4 is 21.1 Å². The number of hydrogen-bond donors (Lipinski definition) is 2. The summed E-state index contributed by atoms with van der Waals surface area (Å²) < 4.78 is 0. The van der Waals surface area contributed by atoms with Crippen molar-refractivity contribution in [3.63, 3.8) is 0 Å². The maximum Gasteiger partial charge on any atom is 0.276 e. The number of nitrogens with one attached hydrogen (secondary N) is 1. The molecule has 3 N–H and O–H groups in total. The molecule has 2 heterocycles. The van der Waals surface area contributed by atoms with Crippen LogP contribution in [0.25, 0.3) is 0 Å². The highest BCUT2D eigenvalue weighted by Crippen LogP contribution is 2.22. The van der Waals surface area contributed by atoms with E-state index >= 15 is 0 Å². The SMILES string of the molecule is Cc1nc(N)[nH]c(=O)c1N1CCN(c2ccc([N+](=O)[O-])cc2)CC1. The number of non-ortho nitro benzene ring substituents is 1. The zero-order valence-electron chi connectivity index (χ0n) is 13.2. The van der Waals surface area contributed by atoms with Crippen molar-refractivity contribution in [1.82, 2.24) is 9.97 Å². The van der Waals surface area contributed by atoms with Gasteiger partial charge in [0.05, 0.1) is 10.6 Å². The molecule has 1 fully saturated rings. The van der Waals surface area contributed by atoms with E-state index in [1.54, 1.807) is 19.1 Å². The van der Waals surface area contributed by atoms with Gasteiger partial charge in [0.2, 0.25) is 5.95 Å². The summed E-state index contributed by atoms with van der Waals surface area (Å²) in [5, 5.41) is 10.7. The Kier molecular flexibility index (Phi) is 4.07. The Bertz CT molecular complexity index is 809. The van der Waals surface area contributed by atoms with Crippen LogP contribution in [0.3, 0.4) is 0 Å². The van der Waals surface area contributed by atoms with Crippen molar-refractivity contribution in [3.8, 4) is 0 Å². The summed E-state index contributed by atoms with van der Waals surface area (Å²) in [4.78, 5) is 33.2. The topological polar surface area (TPSA) is 121 Å². The van der Waals surface area contributed by atoms with Gasteiger partial charge in [0.1, 0.15) is 5.69 Å². The molecular formula is C15H18N6O3. The van der Waals surface area contributed by atoms with E-state index in [1.807, 2.05) is 4.90 Å². The van der Waals surface area contributed by atoms with Crippen LogP contribution >= 0.6 is 0 Å². The molecule has 126 valence electrons. The molecule has 0 radical (unpaired) electrons. The van der Waals surface area contributed by atoms with E-state index in [2.05, 4.69) is 14.9 Å². The predicted molar refractivity (Wildman–Crippen MR) is 91.5 cm³/mol.